The van der Waals surface area contributed by atoms with E-state index in [1.165, 1.54) is 22.8 Å². The van der Waals surface area contributed by atoms with Gasteiger partial charge in [0.25, 0.3) is 0 Å². The molecule has 1 aromatic carbocycles. The number of nitrogens with one attached hydrogen (secondary N) is 2. The molecule has 2 amide bonds. The fourth-order valence-electron chi connectivity index (χ4n) is 2.86. The van der Waals surface area contributed by atoms with Gasteiger partial charge in [-0.1, -0.05) is 18.2 Å². The van der Waals surface area contributed by atoms with Crippen LogP contribution in [0.4, 0.5) is 22.4 Å². The van der Waals surface area contributed by atoms with E-state index < -0.39 is 41.5 Å². The number of halogens is 4. The zero-order valence-electron chi connectivity index (χ0n) is 12.9. The van der Waals surface area contributed by atoms with E-state index >= 15 is 0 Å². The Morgan fingerprint density at radius 2 is 1.85 bits per heavy atom. The van der Waals surface area contributed by atoms with E-state index in [9.17, 15) is 32.3 Å². The van der Waals surface area contributed by atoms with Gasteiger partial charge in [0.15, 0.2) is 5.78 Å². The number of thiophene rings is 1. The van der Waals surface area contributed by atoms with Gasteiger partial charge < -0.3 is 15.7 Å². The average Bonchev–Trinajstić information content (AvgIpc) is 3.08. The lowest BCUT2D eigenvalue weighted by Gasteiger charge is -2.44. The molecule has 1 aliphatic rings. The van der Waals surface area contributed by atoms with Crippen LogP contribution in [-0.4, -0.2) is 28.8 Å². The van der Waals surface area contributed by atoms with Crippen molar-refractivity contribution in [3.8, 4) is 0 Å². The summed E-state index contributed by atoms with van der Waals surface area (Å²) in [6.45, 7) is 0. The third-order valence-corrected chi connectivity index (χ3v) is 4.97. The summed E-state index contributed by atoms with van der Waals surface area (Å²) in [4.78, 5) is 24.5. The molecule has 0 spiro atoms. The van der Waals surface area contributed by atoms with E-state index in [1.54, 1.807) is 0 Å². The normalized spacial score (nSPS) is 26.1. The zero-order chi connectivity index (χ0) is 19.1. The number of urea groups is 1. The molecule has 1 saturated heterocycles. The molecule has 2 aromatic rings. The van der Waals surface area contributed by atoms with Crippen molar-refractivity contribution in [3.05, 3.63) is 58.0 Å². The molecule has 0 radical (unpaired) electrons. The van der Waals surface area contributed by atoms with Gasteiger partial charge >= 0.3 is 12.2 Å². The van der Waals surface area contributed by atoms with Crippen LogP contribution in [0.15, 0.2) is 41.8 Å². The van der Waals surface area contributed by atoms with E-state index in [0.29, 0.717) is 0 Å². The van der Waals surface area contributed by atoms with Crippen molar-refractivity contribution >= 4 is 23.2 Å². The molecule has 0 bridgehead atoms. The van der Waals surface area contributed by atoms with Gasteiger partial charge in [-0.15, -0.1) is 11.3 Å². The summed E-state index contributed by atoms with van der Waals surface area (Å²) in [6.07, 6.45) is -5.32. The van der Waals surface area contributed by atoms with Crippen molar-refractivity contribution < 1.29 is 32.3 Å². The van der Waals surface area contributed by atoms with Crippen LogP contribution in [0.5, 0.6) is 0 Å². The Bertz CT molecular complexity index is 823. The topological polar surface area (TPSA) is 78.4 Å². The Morgan fingerprint density at radius 1 is 1.19 bits per heavy atom. The molecule has 1 aliphatic heterocycles. The minimum Gasteiger partial charge on any atom is -0.363 e. The first-order chi connectivity index (χ1) is 12.1. The first-order valence-electron chi connectivity index (χ1n) is 7.34. The van der Waals surface area contributed by atoms with Crippen molar-refractivity contribution in [3.63, 3.8) is 0 Å². The summed E-state index contributed by atoms with van der Waals surface area (Å²) in [7, 11) is 0. The van der Waals surface area contributed by atoms with E-state index in [4.69, 9.17) is 0 Å². The van der Waals surface area contributed by atoms with Crippen molar-refractivity contribution in [2.45, 2.75) is 17.9 Å². The first kappa shape index (κ1) is 18.3. The second-order valence-corrected chi connectivity index (χ2v) is 6.66. The van der Waals surface area contributed by atoms with Gasteiger partial charge in [-0.25, -0.2) is 9.18 Å². The third kappa shape index (κ3) is 3.06. The summed E-state index contributed by atoms with van der Waals surface area (Å²) in [6, 6.07) is 4.27. The largest absolute Gasteiger partial charge is 0.437 e. The Balaban J connectivity index is 2.14. The summed E-state index contributed by atoms with van der Waals surface area (Å²) in [5.41, 5.74) is -3.73. The smallest absolute Gasteiger partial charge is 0.363 e. The number of alkyl halides is 3. The van der Waals surface area contributed by atoms with Crippen LogP contribution in [0.25, 0.3) is 0 Å². The Labute approximate surface area is 148 Å². The van der Waals surface area contributed by atoms with E-state index in [-0.39, 0.29) is 10.4 Å². The molecule has 0 unspecified atom stereocenters. The van der Waals surface area contributed by atoms with Crippen molar-refractivity contribution in [1.82, 2.24) is 10.6 Å². The molecule has 26 heavy (non-hydrogen) atoms. The van der Waals surface area contributed by atoms with Crippen molar-refractivity contribution in [1.29, 1.82) is 0 Å². The summed E-state index contributed by atoms with van der Waals surface area (Å²) in [5, 5.41) is 15.5. The minimum atomic E-state index is -5.32. The van der Waals surface area contributed by atoms with E-state index in [0.717, 1.165) is 35.6 Å². The lowest BCUT2D eigenvalue weighted by molar-refractivity contribution is -0.287. The van der Waals surface area contributed by atoms with E-state index in [2.05, 4.69) is 5.32 Å². The highest BCUT2D eigenvalue weighted by Gasteiger charge is 2.66. The predicted molar refractivity (Wildman–Crippen MR) is 84.0 cm³/mol. The molecule has 3 N–H and O–H groups in total. The van der Waals surface area contributed by atoms with Gasteiger partial charge in [0.1, 0.15) is 11.7 Å². The van der Waals surface area contributed by atoms with Crippen LogP contribution < -0.4 is 10.6 Å². The maximum Gasteiger partial charge on any atom is 0.437 e. The molecule has 138 valence electrons. The SMILES string of the molecule is O=C1N[C@H](c2ccc(F)cc2)[C@H](C(=O)c2cccs2)[C@@](O)(C(F)(F)F)N1. The third-order valence-electron chi connectivity index (χ3n) is 4.08. The van der Waals surface area contributed by atoms with Crippen molar-refractivity contribution in [2.75, 3.05) is 0 Å². The second kappa shape index (κ2) is 6.36. The first-order valence-corrected chi connectivity index (χ1v) is 8.22. The molecule has 10 heteroatoms. The van der Waals surface area contributed by atoms with Gasteiger partial charge in [0.05, 0.1) is 10.9 Å². The van der Waals surface area contributed by atoms with Crippen molar-refractivity contribution in [2.24, 2.45) is 5.92 Å². The number of Topliss-reactive ketones (excluding diaryl/α,β-unsaturated/α-hetero) is 1. The van der Waals surface area contributed by atoms with Crippen LogP contribution >= 0.6 is 11.3 Å². The van der Waals surface area contributed by atoms with Crippen LogP contribution in [0, 0.1) is 11.7 Å². The van der Waals surface area contributed by atoms with Crippen LogP contribution in [0.2, 0.25) is 0 Å². The molecule has 1 aromatic heterocycles. The standard InChI is InChI=1S/C16H12F4N2O3S/c17-9-5-3-8(4-6-9)12-11(13(23)10-2-1-7-26-10)15(25,16(18,19)20)22-14(24)21-12/h1-7,11-12,25H,(H2,21,22,24)/t11-,12-,15-/m1/s1. The molecule has 3 rings (SSSR count). The lowest BCUT2D eigenvalue weighted by atomic mass is 9.78. The molecular weight excluding hydrogens is 376 g/mol. The number of ketones is 1. The molecule has 1 fully saturated rings. The van der Waals surface area contributed by atoms with Gasteiger partial charge in [0.2, 0.25) is 5.72 Å². The van der Waals surface area contributed by atoms with Crippen LogP contribution in [0.1, 0.15) is 21.3 Å². The lowest BCUT2D eigenvalue weighted by Crippen LogP contribution is -2.72. The van der Waals surface area contributed by atoms with Gasteiger partial charge in [-0.2, -0.15) is 13.2 Å². The fraction of sp³-hybridized carbons (Fsp3) is 0.250. The second-order valence-electron chi connectivity index (χ2n) is 5.71. The van der Waals surface area contributed by atoms with E-state index in [1.807, 2.05) is 0 Å². The Hall–Kier alpha value is -2.46. The van der Waals surface area contributed by atoms with Crippen LogP contribution in [-0.2, 0) is 0 Å². The van der Waals surface area contributed by atoms with Gasteiger partial charge in [-0.3, -0.25) is 4.79 Å². The minimum absolute atomic E-state index is 0.0114. The Morgan fingerprint density at radius 3 is 2.38 bits per heavy atom. The monoisotopic (exact) mass is 388 g/mol. The number of amides is 2. The van der Waals surface area contributed by atoms with Gasteiger partial charge in [0, 0.05) is 0 Å². The van der Waals surface area contributed by atoms with Gasteiger partial charge in [-0.05, 0) is 29.1 Å². The highest BCUT2D eigenvalue weighted by Crippen LogP contribution is 2.44. The molecule has 0 aliphatic carbocycles. The number of benzene rings is 1. The molecule has 2 heterocycles. The Kier molecular flexibility index (Phi) is 4.49. The van der Waals surface area contributed by atoms with Crippen LogP contribution in [0.3, 0.4) is 0 Å². The zero-order valence-corrected chi connectivity index (χ0v) is 13.7. The maximum atomic E-state index is 13.6. The number of hydrogen-bond acceptors (Lipinski definition) is 4. The number of rotatable bonds is 3. The average molecular weight is 388 g/mol. The predicted octanol–water partition coefficient (Wildman–Crippen LogP) is 2.99. The number of aliphatic hydroxyl groups is 1. The highest BCUT2D eigenvalue weighted by molar-refractivity contribution is 7.12. The summed E-state index contributed by atoms with van der Waals surface area (Å²) in [5.74, 6) is -3.74. The fourth-order valence-corrected chi connectivity index (χ4v) is 3.56. The quantitative estimate of drug-likeness (QED) is 0.559. The molecular formula is C16H12F4N2O3S. The summed E-state index contributed by atoms with van der Waals surface area (Å²) < 4.78 is 54.0. The molecule has 0 saturated carbocycles. The highest BCUT2D eigenvalue weighted by atomic mass is 32.1. The number of carbonyl (C=O) groups excluding carboxylic acids is 2. The molecule has 3 atom stereocenters. The molecule has 5 nitrogen and oxygen atoms in total. The number of carbonyl (C=O) groups is 2. The number of hydrogen-bond donors (Lipinski definition) is 3. The maximum absolute atomic E-state index is 13.6. The summed E-state index contributed by atoms with van der Waals surface area (Å²) >= 11 is 0.908.